The molecular weight excluding hydrogens is 468 g/mol. The Labute approximate surface area is 225 Å². The molecule has 0 unspecified atom stereocenters. The highest BCUT2D eigenvalue weighted by atomic mass is 32.2. The molecule has 0 spiro atoms. The van der Waals surface area contributed by atoms with E-state index >= 15 is 0 Å². The average molecular weight is 506 g/mol. The summed E-state index contributed by atoms with van der Waals surface area (Å²) in [6.07, 6.45) is 6.26. The lowest BCUT2D eigenvalue weighted by molar-refractivity contribution is -0.659. The highest BCUT2D eigenvalue weighted by Gasteiger charge is 2.34. The summed E-state index contributed by atoms with van der Waals surface area (Å²) >= 11 is 1.98. The Bertz CT molecular complexity index is 1730. The molecule has 0 amide bonds. The lowest BCUT2D eigenvalue weighted by atomic mass is 9.84. The zero-order valence-corrected chi connectivity index (χ0v) is 24.2. The number of nitrogens with zero attached hydrogens (tertiary/aromatic N) is 2. The van der Waals surface area contributed by atoms with Crippen LogP contribution < -0.4 is 4.57 Å². The minimum absolute atomic E-state index is 0.156. The van der Waals surface area contributed by atoms with Gasteiger partial charge in [-0.15, -0.1) is 0 Å². The molecule has 6 rings (SSSR count). The molecule has 1 aliphatic heterocycles. The van der Waals surface area contributed by atoms with Crippen molar-refractivity contribution in [2.45, 2.75) is 71.1 Å². The first kappa shape index (κ1) is 24.4. The molecule has 1 aliphatic rings. The van der Waals surface area contributed by atoms with E-state index in [9.17, 15) is 0 Å². The minimum atomic E-state index is 0.156. The normalized spacial score (nSPS) is 13.5. The van der Waals surface area contributed by atoms with Crippen molar-refractivity contribution in [3.8, 4) is 11.3 Å². The van der Waals surface area contributed by atoms with E-state index < -0.39 is 0 Å². The standard InChI is InChI=1S/C34H37N2S/c1-20-24-10-9-14-35-29(24)26(19-34(5,6)7)32-27(20)30-28-22(13-15-36(30)8)17-23-16-21(18-33(2,3)4)11-12-25(23)31(28)37-32/h9-17H,18-19H2,1-8H3/q+1. The number of fused-ring (bicyclic) bond motifs is 5. The van der Waals surface area contributed by atoms with E-state index in [1.165, 1.54) is 64.7 Å². The van der Waals surface area contributed by atoms with E-state index in [0.717, 1.165) is 18.4 Å². The van der Waals surface area contributed by atoms with Crippen molar-refractivity contribution >= 4 is 44.2 Å². The predicted octanol–water partition coefficient (Wildman–Crippen LogP) is 8.98. The Morgan fingerprint density at radius 3 is 2.32 bits per heavy atom. The Kier molecular flexibility index (Phi) is 5.48. The third-order valence-corrected chi connectivity index (χ3v) is 8.79. The van der Waals surface area contributed by atoms with E-state index in [2.05, 4.69) is 109 Å². The molecule has 2 aromatic heterocycles. The summed E-state index contributed by atoms with van der Waals surface area (Å²) in [5.74, 6) is 0. The highest BCUT2D eigenvalue weighted by molar-refractivity contribution is 8.00. The second kappa shape index (κ2) is 8.30. The topological polar surface area (TPSA) is 16.8 Å². The maximum Gasteiger partial charge on any atom is 0.222 e. The number of hydrogen-bond donors (Lipinski definition) is 0. The summed E-state index contributed by atoms with van der Waals surface area (Å²) < 4.78 is 2.33. The van der Waals surface area contributed by atoms with E-state index in [1.54, 1.807) is 0 Å². The Morgan fingerprint density at radius 1 is 0.838 bits per heavy atom. The van der Waals surface area contributed by atoms with Gasteiger partial charge in [0.05, 0.1) is 16.5 Å². The van der Waals surface area contributed by atoms with Crippen LogP contribution in [0.25, 0.3) is 43.7 Å². The summed E-state index contributed by atoms with van der Waals surface area (Å²) in [5.41, 5.74) is 8.43. The summed E-state index contributed by atoms with van der Waals surface area (Å²) in [4.78, 5) is 7.73. The van der Waals surface area contributed by atoms with Gasteiger partial charge in [-0.1, -0.05) is 77.6 Å². The number of rotatable bonds is 2. The second-order valence-corrected chi connectivity index (χ2v) is 14.3. The first-order valence-electron chi connectivity index (χ1n) is 13.4. The van der Waals surface area contributed by atoms with Gasteiger partial charge < -0.3 is 0 Å². The first-order valence-corrected chi connectivity index (χ1v) is 14.2. The zero-order chi connectivity index (χ0) is 26.3. The average Bonchev–Trinajstić information content (AvgIpc) is 2.81. The number of pyridine rings is 2. The van der Waals surface area contributed by atoms with Crippen LogP contribution in [-0.4, -0.2) is 4.98 Å². The molecule has 2 nitrogen and oxygen atoms in total. The zero-order valence-electron chi connectivity index (χ0n) is 23.4. The SMILES string of the molecule is Cc1c2c(c(CC(C)(C)C)c3ncccc13)Sc1c3ccc(CC(C)(C)C)cc3cc3cc[n+](C)c-2c13. The predicted molar refractivity (Wildman–Crippen MR) is 159 cm³/mol. The van der Waals surface area contributed by atoms with Crippen molar-refractivity contribution in [3.05, 3.63) is 71.5 Å². The van der Waals surface area contributed by atoms with E-state index in [-0.39, 0.29) is 10.8 Å². The van der Waals surface area contributed by atoms with E-state index in [1.807, 2.05) is 18.0 Å². The monoisotopic (exact) mass is 505 g/mol. The number of aromatic nitrogens is 2. The van der Waals surface area contributed by atoms with Crippen LogP contribution in [0.3, 0.4) is 0 Å². The molecule has 37 heavy (non-hydrogen) atoms. The lowest BCUT2D eigenvalue weighted by Crippen LogP contribution is -2.32. The first-order chi connectivity index (χ1) is 17.4. The van der Waals surface area contributed by atoms with Crippen LogP contribution in [0.4, 0.5) is 0 Å². The highest BCUT2D eigenvalue weighted by Crippen LogP contribution is 2.54. The molecule has 0 bridgehead atoms. The minimum Gasteiger partial charge on any atom is -0.256 e. The van der Waals surface area contributed by atoms with Gasteiger partial charge in [0.1, 0.15) is 7.05 Å². The van der Waals surface area contributed by atoms with Crippen LogP contribution in [0, 0.1) is 17.8 Å². The summed E-state index contributed by atoms with van der Waals surface area (Å²) in [7, 11) is 2.20. The Morgan fingerprint density at radius 2 is 1.59 bits per heavy atom. The third kappa shape index (κ3) is 4.12. The van der Waals surface area contributed by atoms with Gasteiger partial charge in [0.25, 0.3) is 0 Å². The van der Waals surface area contributed by atoms with E-state index in [0.29, 0.717) is 0 Å². The summed E-state index contributed by atoms with van der Waals surface area (Å²) in [5, 5.41) is 6.67. The van der Waals surface area contributed by atoms with Gasteiger partial charge in [0, 0.05) is 27.4 Å². The van der Waals surface area contributed by atoms with Crippen LogP contribution in [0.5, 0.6) is 0 Å². The molecule has 0 N–H and O–H groups in total. The van der Waals surface area contributed by atoms with E-state index in [4.69, 9.17) is 4.98 Å². The van der Waals surface area contributed by atoms with Crippen molar-refractivity contribution in [2.24, 2.45) is 17.9 Å². The second-order valence-electron chi connectivity index (χ2n) is 13.3. The molecule has 188 valence electrons. The van der Waals surface area contributed by atoms with Gasteiger partial charge >= 0.3 is 0 Å². The fourth-order valence-corrected chi connectivity index (χ4v) is 7.56. The van der Waals surface area contributed by atoms with Crippen LogP contribution in [0.1, 0.15) is 58.2 Å². The molecule has 0 radical (unpaired) electrons. The van der Waals surface area contributed by atoms with Crippen molar-refractivity contribution < 1.29 is 4.57 Å². The number of benzene rings is 3. The van der Waals surface area contributed by atoms with Crippen LogP contribution in [0.2, 0.25) is 0 Å². The van der Waals surface area contributed by atoms with Gasteiger partial charge in [-0.2, -0.15) is 0 Å². The largest absolute Gasteiger partial charge is 0.256 e. The summed E-state index contributed by atoms with van der Waals surface area (Å²) in [6, 6.07) is 16.2. The van der Waals surface area contributed by atoms with Crippen molar-refractivity contribution in [3.63, 3.8) is 0 Å². The van der Waals surface area contributed by atoms with Gasteiger partial charge in [0.2, 0.25) is 5.69 Å². The molecule has 3 heteroatoms. The summed E-state index contributed by atoms with van der Waals surface area (Å²) in [6.45, 7) is 16.2. The van der Waals surface area contributed by atoms with Gasteiger partial charge in [-0.05, 0) is 75.6 Å². The maximum absolute atomic E-state index is 4.95. The number of aryl methyl sites for hydroxylation is 2. The molecule has 3 aromatic carbocycles. The fourth-order valence-electron chi connectivity index (χ4n) is 6.10. The van der Waals surface area contributed by atoms with Crippen molar-refractivity contribution in [2.75, 3.05) is 0 Å². The van der Waals surface area contributed by atoms with Crippen LogP contribution >= 0.6 is 11.8 Å². The molecule has 0 saturated carbocycles. The van der Waals surface area contributed by atoms with Crippen LogP contribution in [0.15, 0.2) is 64.6 Å². The maximum atomic E-state index is 4.95. The fraction of sp³-hybridized carbons (Fsp3) is 0.353. The number of hydrogen-bond acceptors (Lipinski definition) is 2. The third-order valence-electron chi connectivity index (χ3n) is 7.51. The molecule has 5 aromatic rings. The van der Waals surface area contributed by atoms with Crippen molar-refractivity contribution in [1.82, 2.24) is 4.98 Å². The molecule has 0 aliphatic carbocycles. The lowest BCUT2D eigenvalue weighted by Gasteiger charge is -2.28. The molecule has 0 fully saturated rings. The quantitative estimate of drug-likeness (QED) is 0.172. The molecule has 0 saturated heterocycles. The molecular formula is C34H37N2S+. The molecule has 0 atom stereocenters. The van der Waals surface area contributed by atoms with Crippen molar-refractivity contribution in [1.29, 1.82) is 0 Å². The molecule has 3 heterocycles. The van der Waals surface area contributed by atoms with Gasteiger partial charge in [-0.3, -0.25) is 4.98 Å². The van der Waals surface area contributed by atoms with Crippen LogP contribution in [-0.2, 0) is 19.9 Å². The Hall–Kier alpha value is -2.91. The van der Waals surface area contributed by atoms with Gasteiger partial charge in [-0.25, -0.2) is 4.57 Å². The Balaban J connectivity index is 1.72. The van der Waals surface area contributed by atoms with Gasteiger partial charge in [0.15, 0.2) is 6.20 Å². The smallest absolute Gasteiger partial charge is 0.222 e.